The number of hydrogen-bond acceptors (Lipinski definition) is 6. The van der Waals surface area contributed by atoms with Crippen molar-refractivity contribution >= 4 is 17.9 Å². The lowest BCUT2D eigenvalue weighted by molar-refractivity contribution is -0.167. The summed E-state index contributed by atoms with van der Waals surface area (Å²) >= 11 is 0. The van der Waals surface area contributed by atoms with Crippen LogP contribution in [0.15, 0.2) is 48.6 Å². The highest BCUT2D eigenvalue weighted by Gasteiger charge is 2.19. The summed E-state index contributed by atoms with van der Waals surface area (Å²) in [6.45, 7) is 6.64. The number of esters is 3. The number of unbranched alkanes of at least 4 members (excludes halogenated alkanes) is 40. The van der Waals surface area contributed by atoms with Gasteiger partial charge in [0.2, 0.25) is 0 Å². The van der Waals surface area contributed by atoms with E-state index in [-0.39, 0.29) is 31.1 Å². The Morgan fingerprint density at radius 1 is 0.274 bits per heavy atom. The van der Waals surface area contributed by atoms with Crippen molar-refractivity contribution in [3.63, 3.8) is 0 Å². The molecule has 73 heavy (non-hydrogen) atoms. The van der Waals surface area contributed by atoms with Crippen molar-refractivity contribution < 1.29 is 28.6 Å². The predicted molar refractivity (Wildman–Crippen MR) is 316 cm³/mol. The Hall–Kier alpha value is -2.63. The molecule has 426 valence electrons. The van der Waals surface area contributed by atoms with E-state index in [1.54, 1.807) is 0 Å². The number of allylic oxidation sites excluding steroid dienone is 8. The van der Waals surface area contributed by atoms with Crippen LogP contribution in [0.3, 0.4) is 0 Å². The smallest absolute Gasteiger partial charge is 0.306 e. The van der Waals surface area contributed by atoms with Crippen LogP contribution in [0.1, 0.15) is 342 Å². The number of carbonyl (C=O) groups is 3. The fraction of sp³-hybridized carbons (Fsp3) is 0.836. The maximum Gasteiger partial charge on any atom is 0.306 e. The third-order valence-corrected chi connectivity index (χ3v) is 14.3. The fourth-order valence-corrected chi connectivity index (χ4v) is 9.45. The zero-order valence-electron chi connectivity index (χ0n) is 48.9. The first kappa shape index (κ1) is 70.4. The van der Waals surface area contributed by atoms with Crippen LogP contribution in [-0.2, 0) is 28.6 Å². The molecule has 0 radical (unpaired) electrons. The number of ether oxygens (including phenoxy) is 3. The Bertz CT molecular complexity index is 1270. The Kier molecular flexibility index (Phi) is 59.7. The molecular formula is C67H122O6. The van der Waals surface area contributed by atoms with Crippen molar-refractivity contribution in [2.45, 2.75) is 348 Å². The Labute approximate surface area is 454 Å². The van der Waals surface area contributed by atoms with Crippen LogP contribution in [0, 0.1) is 0 Å². The average molecular weight is 1020 g/mol. The largest absolute Gasteiger partial charge is 0.462 e. The van der Waals surface area contributed by atoms with E-state index >= 15 is 0 Å². The van der Waals surface area contributed by atoms with E-state index in [9.17, 15) is 14.4 Å². The van der Waals surface area contributed by atoms with Gasteiger partial charge >= 0.3 is 17.9 Å². The fourth-order valence-electron chi connectivity index (χ4n) is 9.45. The topological polar surface area (TPSA) is 78.9 Å². The summed E-state index contributed by atoms with van der Waals surface area (Å²) in [6, 6.07) is 0. The second kappa shape index (κ2) is 61.9. The molecule has 0 aliphatic heterocycles. The van der Waals surface area contributed by atoms with E-state index in [1.807, 2.05) is 0 Å². The molecule has 0 aromatic heterocycles. The minimum Gasteiger partial charge on any atom is -0.462 e. The molecular weight excluding hydrogens is 901 g/mol. The SMILES string of the molecule is CCCCC/C=C\C/C=C\CCCCCCCCCC(=O)OC(COC(=O)CCCCCCCCCCCCC)COC(=O)CCCCCCCCCCCCCCCCC/C=C\C/C=C\CCCCCCC. The molecule has 1 unspecified atom stereocenters. The minimum atomic E-state index is -0.774. The van der Waals surface area contributed by atoms with E-state index in [0.29, 0.717) is 19.3 Å². The van der Waals surface area contributed by atoms with Gasteiger partial charge in [0.1, 0.15) is 13.2 Å². The summed E-state index contributed by atoms with van der Waals surface area (Å²) in [4.78, 5) is 38.2. The molecule has 0 aromatic carbocycles. The normalized spacial score (nSPS) is 12.3. The summed E-state index contributed by atoms with van der Waals surface area (Å²) in [5.41, 5.74) is 0. The zero-order valence-corrected chi connectivity index (χ0v) is 48.9. The van der Waals surface area contributed by atoms with Crippen molar-refractivity contribution in [2.24, 2.45) is 0 Å². The summed E-state index contributed by atoms with van der Waals surface area (Å²) in [5.74, 6) is -0.862. The summed E-state index contributed by atoms with van der Waals surface area (Å²) in [7, 11) is 0. The molecule has 0 spiro atoms. The van der Waals surface area contributed by atoms with Crippen LogP contribution >= 0.6 is 0 Å². The Morgan fingerprint density at radius 2 is 0.493 bits per heavy atom. The Balaban J connectivity index is 4.20. The van der Waals surface area contributed by atoms with Crippen LogP contribution in [-0.4, -0.2) is 37.2 Å². The van der Waals surface area contributed by atoms with E-state index in [1.165, 1.54) is 225 Å². The average Bonchev–Trinajstić information content (AvgIpc) is 3.39. The highest BCUT2D eigenvalue weighted by molar-refractivity contribution is 5.71. The van der Waals surface area contributed by atoms with Crippen LogP contribution in [0.5, 0.6) is 0 Å². The molecule has 0 bridgehead atoms. The molecule has 6 heteroatoms. The monoisotopic (exact) mass is 1020 g/mol. The van der Waals surface area contributed by atoms with Crippen LogP contribution in [0.4, 0.5) is 0 Å². The summed E-state index contributed by atoms with van der Waals surface area (Å²) in [5, 5.41) is 0. The van der Waals surface area contributed by atoms with E-state index in [2.05, 4.69) is 69.4 Å². The van der Waals surface area contributed by atoms with Crippen molar-refractivity contribution in [2.75, 3.05) is 13.2 Å². The maximum absolute atomic E-state index is 12.9. The lowest BCUT2D eigenvalue weighted by Crippen LogP contribution is -2.30. The molecule has 0 saturated heterocycles. The van der Waals surface area contributed by atoms with Crippen LogP contribution in [0.2, 0.25) is 0 Å². The van der Waals surface area contributed by atoms with E-state index in [0.717, 1.165) is 77.0 Å². The third kappa shape index (κ3) is 60.1. The van der Waals surface area contributed by atoms with E-state index in [4.69, 9.17) is 14.2 Å². The van der Waals surface area contributed by atoms with Crippen molar-refractivity contribution in [1.82, 2.24) is 0 Å². The molecule has 0 amide bonds. The summed E-state index contributed by atoms with van der Waals surface area (Å²) < 4.78 is 16.9. The van der Waals surface area contributed by atoms with Gasteiger partial charge in [-0.1, -0.05) is 288 Å². The molecule has 1 atom stereocenters. The predicted octanol–water partition coefficient (Wildman–Crippen LogP) is 21.8. The summed E-state index contributed by atoms with van der Waals surface area (Å²) in [6.07, 6.45) is 76.9. The number of hydrogen-bond donors (Lipinski definition) is 0. The lowest BCUT2D eigenvalue weighted by Gasteiger charge is -2.18. The van der Waals surface area contributed by atoms with Gasteiger partial charge in [-0.15, -0.1) is 0 Å². The van der Waals surface area contributed by atoms with Gasteiger partial charge < -0.3 is 14.2 Å². The second-order valence-corrected chi connectivity index (χ2v) is 21.7. The number of rotatable bonds is 59. The van der Waals surface area contributed by atoms with Crippen molar-refractivity contribution in [1.29, 1.82) is 0 Å². The van der Waals surface area contributed by atoms with Gasteiger partial charge in [-0.2, -0.15) is 0 Å². The molecule has 0 fully saturated rings. The number of carbonyl (C=O) groups excluding carboxylic acids is 3. The second-order valence-electron chi connectivity index (χ2n) is 21.7. The highest BCUT2D eigenvalue weighted by Crippen LogP contribution is 2.17. The molecule has 0 aliphatic rings. The first-order chi connectivity index (χ1) is 36.0. The third-order valence-electron chi connectivity index (χ3n) is 14.3. The highest BCUT2D eigenvalue weighted by atomic mass is 16.6. The molecule has 0 N–H and O–H groups in total. The standard InChI is InChI=1S/C67H122O6/c1-4-7-10-13-16-19-22-24-26-28-29-30-31-32-33-34-35-36-37-39-40-42-45-48-51-54-57-60-66(69)72-63-64(62-71-65(68)59-56-53-50-47-44-21-18-15-12-9-6-3)73-67(70)61-58-55-52-49-46-43-41-38-27-25-23-20-17-14-11-8-5-2/h17,20,22,24-25,27-29,64H,4-16,18-19,21,23,26,30-63H2,1-3H3/b20-17-,24-22-,27-25-,29-28-. The van der Waals surface area contributed by atoms with Gasteiger partial charge in [0.15, 0.2) is 6.10 Å². The quantitative estimate of drug-likeness (QED) is 0.0261. The van der Waals surface area contributed by atoms with E-state index < -0.39 is 6.10 Å². The van der Waals surface area contributed by atoms with Crippen LogP contribution < -0.4 is 0 Å². The van der Waals surface area contributed by atoms with Gasteiger partial charge in [-0.25, -0.2) is 0 Å². The van der Waals surface area contributed by atoms with Gasteiger partial charge in [-0.05, 0) is 83.5 Å². The van der Waals surface area contributed by atoms with Gasteiger partial charge in [0.25, 0.3) is 0 Å². The molecule has 0 rings (SSSR count). The van der Waals surface area contributed by atoms with Crippen LogP contribution in [0.25, 0.3) is 0 Å². The Morgan fingerprint density at radius 3 is 0.781 bits per heavy atom. The molecule has 0 aliphatic carbocycles. The molecule has 0 aromatic rings. The maximum atomic E-state index is 12.9. The molecule has 0 heterocycles. The molecule has 6 nitrogen and oxygen atoms in total. The molecule has 0 saturated carbocycles. The zero-order chi connectivity index (χ0) is 52.9. The lowest BCUT2D eigenvalue weighted by atomic mass is 10.0. The van der Waals surface area contributed by atoms with Gasteiger partial charge in [0, 0.05) is 19.3 Å². The van der Waals surface area contributed by atoms with Crippen molar-refractivity contribution in [3.05, 3.63) is 48.6 Å². The minimum absolute atomic E-state index is 0.0723. The first-order valence-corrected chi connectivity index (χ1v) is 32.1. The van der Waals surface area contributed by atoms with Gasteiger partial charge in [-0.3, -0.25) is 14.4 Å². The first-order valence-electron chi connectivity index (χ1n) is 32.1. The van der Waals surface area contributed by atoms with Crippen molar-refractivity contribution in [3.8, 4) is 0 Å². The van der Waals surface area contributed by atoms with Gasteiger partial charge in [0.05, 0.1) is 0 Å².